The summed E-state index contributed by atoms with van der Waals surface area (Å²) in [4.78, 5) is 18.1. The van der Waals surface area contributed by atoms with Gasteiger partial charge in [0.25, 0.3) is 0 Å². The van der Waals surface area contributed by atoms with Crippen molar-refractivity contribution in [3.63, 3.8) is 0 Å². The molecule has 19 heavy (non-hydrogen) atoms. The largest absolute Gasteiger partial charge is 0.496 e. The molecule has 3 rings (SSSR count). The van der Waals surface area contributed by atoms with Gasteiger partial charge >= 0.3 is 0 Å². The minimum atomic E-state index is 0.285. The Morgan fingerprint density at radius 1 is 1.26 bits per heavy atom. The number of hydrogen-bond acceptors (Lipinski definition) is 4. The van der Waals surface area contributed by atoms with Crippen LogP contribution < -0.4 is 9.64 Å². The van der Waals surface area contributed by atoms with Crippen LogP contribution in [0.2, 0.25) is 0 Å². The molecule has 1 aliphatic heterocycles. The molecule has 0 bridgehead atoms. The highest BCUT2D eigenvalue weighted by atomic mass is 16.5. The van der Waals surface area contributed by atoms with Crippen molar-refractivity contribution < 1.29 is 9.53 Å². The molecule has 0 atom stereocenters. The van der Waals surface area contributed by atoms with E-state index in [-0.39, 0.29) is 5.78 Å². The monoisotopic (exact) mass is 256 g/mol. The van der Waals surface area contributed by atoms with E-state index in [0.29, 0.717) is 13.0 Å². The highest BCUT2D eigenvalue weighted by Gasteiger charge is 2.20. The predicted molar refractivity (Wildman–Crippen MR) is 74.7 cm³/mol. The zero-order valence-electron chi connectivity index (χ0n) is 10.9. The maximum Gasteiger partial charge on any atom is 0.152 e. The molecule has 0 amide bonds. The van der Waals surface area contributed by atoms with Gasteiger partial charge in [0.2, 0.25) is 0 Å². The molecule has 2 heterocycles. The maximum atomic E-state index is 11.6. The SMILES string of the molecule is COc1cccc2c(N3CCCC(=O)C3)nccc12. The summed E-state index contributed by atoms with van der Waals surface area (Å²) in [7, 11) is 1.67. The fourth-order valence-electron chi connectivity index (χ4n) is 2.61. The third-order valence-electron chi connectivity index (χ3n) is 3.52. The summed E-state index contributed by atoms with van der Waals surface area (Å²) in [6, 6.07) is 7.87. The Balaban J connectivity index is 2.11. The first-order valence-corrected chi connectivity index (χ1v) is 6.48. The molecular weight excluding hydrogens is 240 g/mol. The first-order valence-electron chi connectivity index (χ1n) is 6.48. The van der Waals surface area contributed by atoms with Crippen LogP contribution in [0.25, 0.3) is 10.8 Å². The van der Waals surface area contributed by atoms with Crippen molar-refractivity contribution in [3.05, 3.63) is 30.5 Å². The van der Waals surface area contributed by atoms with Crippen molar-refractivity contribution >= 4 is 22.4 Å². The summed E-state index contributed by atoms with van der Waals surface area (Å²) in [5, 5.41) is 2.07. The smallest absolute Gasteiger partial charge is 0.152 e. The minimum absolute atomic E-state index is 0.285. The number of hydrogen-bond donors (Lipinski definition) is 0. The van der Waals surface area contributed by atoms with Crippen molar-refractivity contribution in [2.75, 3.05) is 25.1 Å². The quantitative estimate of drug-likeness (QED) is 0.827. The average molecular weight is 256 g/mol. The number of Topliss-reactive ketones (excluding diaryl/α,β-unsaturated/α-hetero) is 1. The minimum Gasteiger partial charge on any atom is -0.496 e. The molecule has 0 saturated carbocycles. The molecule has 1 aliphatic rings. The van der Waals surface area contributed by atoms with Gasteiger partial charge in [-0.2, -0.15) is 0 Å². The van der Waals surface area contributed by atoms with E-state index in [9.17, 15) is 4.79 Å². The van der Waals surface area contributed by atoms with E-state index in [1.165, 1.54) is 0 Å². The molecule has 2 aromatic rings. The zero-order valence-corrected chi connectivity index (χ0v) is 10.9. The number of carbonyl (C=O) groups excluding carboxylic acids is 1. The third kappa shape index (κ3) is 2.14. The van der Waals surface area contributed by atoms with E-state index < -0.39 is 0 Å². The molecule has 0 spiro atoms. The van der Waals surface area contributed by atoms with Crippen molar-refractivity contribution in [2.45, 2.75) is 12.8 Å². The highest BCUT2D eigenvalue weighted by Crippen LogP contribution is 2.31. The highest BCUT2D eigenvalue weighted by molar-refractivity contribution is 5.97. The van der Waals surface area contributed by atoms with Crippen LogP contribution in [0.4, 0.5) is 5.82 Å². The van der Waals surface area contributed by atoms with Crippen LogP contribution in [0.1, 0.15) is 12.8 Å². The number of rotatable bonds is 2. The van der Waals surface area contributed by atoms with Crippen LogP contribution in [0.3, 0.4) is 0 Å². The topological polar surface area (TPSA) is 42.4 Å². The van der Waals surface area contributed by atoms with Gasteiger partial charge in [0.05, 0.1) is 13.7 Å². The Kier molecular flexibility index (Phi) is 3.07. The third-order valence-corrected chi connectivity index (χ3v) is 3.52. The van der Waals surface area contributed by atoms with Crippen LogP contribution in [-0.2, 0) is 4.79 Å². The van der Waals surface area contributed by atoms with Gasteiger partial charge in [-0.05, 0) is 18.6 Å². The second-order valence-corrected chi connectivity index (χ2v) is 4.75. The predicted octanol–water partition coefficient (Wildman–Crippen LogP) is 2.41. The molecule has 0 unspecified atom stereocenters. The van der Waals surface area contributed by atoms with Gasteiger partial charge in [0, 0.05) is 29.9 Å². The van der Waals surface area contributed by atoms with Gasteiger partial charge in [-0.1, -0.05) is 12.1 Å². The molecule has 0 N–H and O–H groups in total. The Morgan fingerprint density at radius 3 is 2.95 bits per heavy atom. The molecule has 1 fully saturated rings. The number of fused-ring (bicyclic) bond motifs is 1. The molecule has 0 radical (unpaired) electrons. The average Bonchev–Trinajstić information content (AvgIpc) is 2.46. The van der Waals surface area contributed by atoms with Crippen molar-refractivity contribution in [2.24, 2.45) is 0 Å². The maximum absolute atomic E-state index is 11.6. The molecule has 0 aliphatic carbocycles. The number of piperidine rings is 1. The van der Waals surface area contributed by atoms with Crippen LogP contribution in [0.5, 0.6) is 5.75 Å². The number of ether oxygens (including phenoxy) is 1. The van der Waals surface area contributed by atoms with Gasteiger partial charge in [-0.25, -0.2) is 4.98 Å². The number of benzene rings is 1. The second-order valence-electron chi connectivity index (χ2n) is 4.75. The summed E-state index contributed by atoms with van der Waals surface area (Å²) in [6.45, 7) is 1.35. The fraction of sp³-hybridized carbons (Fsp3) is 0.333. The van der Waals surface area contributed by atoms with Crippen LogP contribution in [0.15, 0.2) is 30.5 Å². The van der Waals surface area contributed by atoms with E-state index in [0.717, 1.165) is 35.3 Å². The molecule has 1 saturated heterocycles. The Morgan fingerprint density at radius 2 is 2.16 bits per heavy atom. The summed E-state index contributed by atoms with van der Waals surface area (Å²) in [5.74, 6) is 2.00. The Hall–Kier alpha value is -2.10. The lowest BCUT2D eigenvalue weighted by atomic mass is 10.1. The van der Waals surface area contributed by atoms with Crippen molar-refractivity contribution in [1.82, 2.24) is 4.98 Å². The lowest BCUT2D eigenvalue weighted by molar-refractivity contribution is -0.118. The number of methoxy groups -OCH3 is 1. The number of pyridine rings is 1. The summed E-state index contributed by atoms with van der Waals surface area (Å²) in [5.41, 5.74) is 0. The summed E-state index contributed by atoms with van der Waals surface area (Å²) in [6.07, 6.45) is 3.37. The molecule has 4 heteroatoms. The van der Waals surface area contributed by atoms with Gasteiger partial charge < -0.3 is 9.64 Å². The standard InChI is InChI=1S/C15H16N2O2/c1-19-14-6-2-5-13-12(14)7-8-16-15(13)17-9-3-4-11(18)10-17/h2,5-8H,3-4,9-10H2,1H3. The number of nitrogens with zero attached hydrogens (tertiary/aromatic N) is 2. The first-order chi connectivity index (χ1) is 9.29. The Labute approximate surface area is 112 Å². The number of carbonyl (C=O) groups is 1. The normalized spacial score (nSPS) is 15.8. The van der Waals surface area contributed by atoms with Gasteiger partial charge in [0.1, 0.15) is 11.6 Å². The molecule has 98 valence electrons. The van der Waals surface area contributed by atoms with Gasteiger partial charge in [-0.3, -0.25) is 4.79 Å². The van der Waals surface area contributed by atoms with Gasteiger partial charge in [-0.15, -0.1) is 0 Å². The van der Waals surface area contributed by atoms with E-state index in [1.54, 1.807) is 13.3 Å². The number of anilines is 1. The molecule has 1 aromatic carbocycles. The number of ketones is 1. The molecule has 1 aromatic heterocycles. The van der Waals surface area contributed by atoms with E-state index >= 15 is 0 Å². The zero-order chi connectivity index (χ0) is 13.2. The molecule has 4 nitrogen and oxygen atoms in total. The Bertz CT molecular complexity index is 625. The summed E-state index contributed by atoms with van der Waals surface area (Å²) >= 11 is 0. The lowest BCUT2D eigenvalue weighted by Gasteiger charge is -2.27. The van der Waals surface area contributed by atoms with E-state index in [1.807, 2.05) is 24.3 Å². The van der Waals surface area contributed by atoms with E-state index in [4.69, 9.17) is 4.74 Å². The van der Waals surface area contributed by atoms with E-state index in [2.05, 4.69) is 9.88 Å². The molecular formula is C15H16N2O2. The summed E-state index contributed by atoms with van der Waals surface area (Å²) < 4.78 is 5.38. The number of aromatic nitrogens is 1. The van der Waals surface area contributed by atoms with Crippen molar-refractivity contribution in [3.8, 4) is 5.75 Å². The van der Waals surface area contributed by atoms with Crippen molar-refractivity contribution in [1.29, 1.82) is 0 Å². The van der Waals surface area contributed by atoms with Crippen LogP contribution in [0, 0.1) is 0 Å². The first kappa shape index (κ1) is 12.0. The fourth-order valence-corrected chi connectivity index (χ4v) is 2.61. The van der Waals surface area contributed by atoms with Crippen LogP contribution in [-0.4, -0.2) is 31.0 Å². The second kappa shape index (κ2) is 4.88. The lowest BCUT2D eigenvalue weighted by Crippen LogP contribution is -2.36. The van der Waals surface area contributed by atoms with Crippen LogP contribution >= 0.6 is 0 Å². The van der Waals surface area contributed by atoms with Gasteiger partial charge in [0.15, 0.2) is 5.78 Å².